The minimum absolute atomic E-state index is 0.0698. The van der Waals surface area contributed by atoms with Gasteiger partial charge in [0.1, 0.15) is 0 Å². The quantitative estimate of drug-likeness (QED) is 0.247. The Hall–Kier alpha value is -3.28. The number of nitro groups is 1. The molecule has 0 radical (unpaired) electrons. The molecule has 26 heavy (non-hydrogen) atoms. The molecule has 1 unspecified atom stereocenters. The van der Waals surface area contributed by atoms with Crippen molar-refractivity contribution in [2.24, 2.45) is 0 Å². The van der Waals surface area contributed by atoms with Crippen LogP contribution in [0.15, 0.2) is 54.6 Å². The molecule has 134 valence electrons. The fraction of sp³-hybridized carbons (Fsp3) is 0.200. The largest absolute Gasteiger partial charge is 0.451 e. The molecule has 6 heteroatoms. The topological polar surface area (TPSA) is 86.5 Å². The molecular weight excluding hydrogens is 334 g/mol. The number of carbonyl (C=O) groups excluding carboxylic acids is 2. The zero-order valence-corrected chi connectivity index (χ0v) is 14.5. The summed E-state index contributed by atoms with van der Waals surface area (Å²) in [4.78, 5) is 34.4. The van der Waals surface area contributed by atoms with Crippen LogP contribution in [0.4, 0.5) is 5.69 Å². The van der Waals surface area contributed by atoms with Crippen molar-refractivity contribution in [3.63, 3.8) is 0 Å². The molecule has 0 aromatic heterocycles. The number of nitro benzene ring substituents is 1. The number of benzene rings is 2. The van der Waals surface area contributed by atoms with Crippen LogP contribution in [-0.4, -0.2) is 22.8 Å². The van der Waals surface area contributed by atoms with Gasteiger partial charge in [0.2, 0.25) is 5.78 Å². The van der Waals surface area contributed by atoms with E-state index in [1.165, 1.54) is 31.2 Å². The SMILES string of the molecule is CCc1ccc(C(=O)C(C)OC(=O)C=Cc2cccc([N+](=O)[O-])c2)cc1. The van der Waals surface area contributed by atoms with Crippen LogP contribution in [0.1, 0.15) is 35.3 Å². The molecule has 0 aliphatic carbocycles. The molecule has 6 nitrogen and oxygen atoms in total. The summed E-state index contributed by atoms with van der Waals surface area (Å²) in [5.74, 6) is -0.979. The molecule has 0 heterocycles. The molecule has 2 rings (SSSR count). The monoisotopic (exact) mass is 353 g/mol. The summed E-state index contributed by atoms with van der Waals surface area (Å²) in [5.41, 5.74) is 2.01. The predicted molar refractivity (Wildman–Crippen MR) is 97.8 cm³/mol. The number of non-ortho nitro benzene ring substituents is 1. The summed E-state index contributed by atoms with van der Waals surface area (Å²) in [7, 11) is 0. The van der Waals surface area contributed by atoms with Gasteiger partial charge < -0.3 is 4.74 Å². The number of rotatable bonds is 7. The van der Waals surface area contributed by atoms with Crippen molar-refractivity contribution in [3.8, 4) is 0 Å². The predicted octanol–water partition coefficient (Wildman–Crippen LogP) is 3.99. The van der Waals surface area contributed by atoms with Crippen molar-refractivity contribution in [1.29, 1.82) is 0 Å². The molecule has 0 N–H and O–H groups in total. The Morgan fingerprint density at radius 1 is 1.19 bits per heavy atom. The second-order valence-electron chi connectivity index (χ2n) is 5.68. The Morgan fingerprint density at radius 3 is 2.50 bits per heavy atom. The highest BCUT2D eigenvalue weighted by atomic mass is 16.6. The summed E-state index contributed by atoms with van der Waals surface area (Å²) in [5, 5.41) is 10.7. The van der Waals surface area contributed by atoms with Gasteiger partial charge >= 0.3 is 5.97 Å². The zero-order chi connectivity index (χ0) is 19.1. The Balaban J connectivity index is 1.98. The number of Topliss-reactive ketones (excluding diaryl/α,β-unsaturated/α-hetero) is 1. The van der Waals surface area contributed by atoms with E-state index in [1.807, 2.05) is 19.1 Å². The van der Waals surface area contributed by atoms with Gasteiger partial charge in [0.25, 0.3) is 5.69 Å². The minimum Gasteiger partial charge on any atom is -0.451 e. The first-order valence-corrected chi connectivity index (χ1v) is 8.17. The number of esters is 1. The fourth-order valence-electron chi connectivity index (χ4n) is 2.31. The highest BCUT2D eigenvalue weighted by Crippen LogP contribution is 2.14. The van der Waals surface area contributed by atoms with Crippen molar-refractivity contribution in [2.75, 3.05) is 0 Å². The Bertz CT molecular complexity index is 840. The Kier molecular flexibility index (Phi) is 6.38. The van der Waals surface area contributed by atoms with Crippen molar-refractivity contribution >= 4 is 23.5 Å². The summed E-state index contributed by atoms with van der Waals surface area (Å²) >= 11 is 0. The van der Waals surface area contributed by atoms with Gasteiger partial charge in [0.15, 0.2) is 6.10 Å². The highest BCUT2D eigenvalue weighted by Gasteiger charge is 2.18. The van der Waals surface area contributed by atoms with Gasteiger partial charge in [0, 0.05) is 23.8 Å². The van der Waals surface area contributed by atoms with E-state index in [-0.39, 0.29) is 11.5 Å². The van der Waals surface area contributed by atoms with Gasteiger partial charge in [-0.25, -0.2) is 4.79 Å². The third-order valence-electron chi connectivity index (χ3n) is 3.80. The number of ketones is 1. The average molecular weight is 353 g/mol. The lowest BCUT2D eigenvalue weighted by Gasteiger charge is -2.11. The van der Waals surface area contributed by atoms with E-state index in [4.69, 9.17) is 4.74 Å². The molecule has 0 saturated carbocycles. The van der Waals surface area contributed by atoms with Crippen molar-refractivity contribution < 1.29 is 19.2 Å². The van der Waals surface area contributed by atoms with Gasteiger partial charge in [-0.2, -0.15) is 0 Å². The number of ether oxygens (including phenoxy) is 1. The standard InChI is InChI=1S/C20H19NO5/c1-3-15-7-10-17(11-8-15)20(23)14(2)26-19(22)12-9-16-5-4-6-18(13-16)21(24)25/h4-14H,3H2,1-2H3. The van der Waals surface area contributed by atoms with Crippen LogP contribution in [0.3, 0.4) is 0 Å². The second-order valence-corrected chi connectivity index (χ2v) is 5.68. The molecule has 1 atom stereocenters. The first-order valence-electron chi connectivity index (χ1n) is 8.17. The molecule has 0 spiro atoms. The molecular formula is C20H19NO5. The molecule has 0 bridgehead atoms. The normalized spacial score (nSPS) is 11.9. The molecule has 0 aliphatic heterocycles. The molecule has 0 saturated heterocycles. The number of hydrogen-bond donors (Lipinski definition) is 0. The summed E-state index contributed by atoms with van der Waals surface area (Å²) in [6.45, 7) is 3.53. The van der Waals surface area contributed by atoms with Gasteiger partial charge in [-0.1, -0.05) is 43.3 Å². The van der Waals surface area contributed by atoms with E-state index in [0.29, 0.717) is 11.1 Å². The number of nitrogens with zero attached hydrogens (tertiary/aromatic N) is 1. The van der Waals surface area contributed by atoms with Crippen LogP contribution in [0.5, 0.6) is 0 Å². The summed E-state index contributed by atoms with van der Waals surface area (Å²) < 4.78 is 5.11. The Labute approximate surface area is 151 Å². The third-order valence-corrected chi connectivity index (χ3v) is 3.80. The van der Waals surface area contributed by atoms with Gasteiger partial charge in [-0.3, -0.25) is 14.9 Å². The fourth-order valence-corrected chi connectivity index (χ4v) is 2.31. The molecule has 2 aromatic rings. The molecule has 0 fully saturated rings. The maximum Gasteiger partial charge on any atom is 0.331 e. The lowest BCUT2D eigenvalue weighted by atomic mass is 10.0. The van der Waals surface area contributed by atoms with Crippen molar-refractivity contribution in [1.82, 2.24) is 0 Å². The number of carbonyl (C=O) groups is 2. The zero-order valence-electron chi connectivity index (χ0n) is 14.5. The molecule has 0 aliphatic rings. The van der Waals surface area contributed by atoms with Crippen LogP contribution in [0, 0.1) is 10.1 Å². The van der Waals surface area contributed by atoms with Gasteiger partial charge in [-0.15, -0.1) is 0 Å². The van der Waals surface area contributed by atoms with Crippen LogP contribution in [0.25, 0.3) is 6.08 Å². The lowest BCUT2D eigenvalue weighted by Crippen LogP contribution is -2.23. The van der Waals surface area contributed by atoms with E-state index >= 15 is 0 Å². The molecule has 2 aromatic carbocycles. The van der Waals surface area contributed by atoms with Crippen molar-refractivity contribution in [2.45, 2.75) is 26.4 Å². The number of aryl methyl sites for hydroxylation is 1. The van der Waals surface area contributed by atoms with Crippen LogP contribution >= 0.6 is 0 Å². The smallest absolute Gasteiger partial charge is 0.331 e. The first kappa shape index (κ1) is 19.1. The molecule has 0 amide bonds. The summed E-state index contributed by atoms with van der Waals surface area (Å²) in [6, 6.07) is 13.0. The highest BCUT2D eigenvalue weighted by molar-refractivity contribution is 6.01. The van der Waals surface area contributed by atoms with Crippen LogP contribution in [0.2, 0.25) is 0 Å². The second kappa shape index (κ2) is 8.71. The van der Waals surface area contributed by atoms with Gasteiger partial charge in [0.05, 0.1) is 4.92 Å². The third kappa shape index (κ3) is 5.11. The average Bonchev–Trinajstić information content (AvgIpc) is 2.66. The maximum atomic E-state index is 12.3. The van der Waals surface area contributed by atoms with E-state index in [2.05, 4.69) is 0 Å². The maximum absolute atomic E-state index is 12.3. The summed E-state index contributed by atoms with van der Waals surface area (Å²) in [6.07, 6.45) is 2.50. The number of hydrogen-bond acceptors (Lipinski definition) is 5. The van der Waals surface area contributed by atoms with Crippen LogP contribution < -0.4 is 0 Å². The van der Waals surface area contributed by atoms with Gasteiger partial charge in [-0.05, 0) is 30.5 Å². The first-order chi connectivity index (χ1) is 12.4. The van der Waals surface area contributed by atoms with E-state index in [1.54, 1.807) is 18.2 Å². The minimum atomic E-state index is -0.926. The Morgan fingerprint density at radius 2 is 1.88 bits per heavy atom. The van der Waals surface area contributed by atoms with E-state index < -0.39 is 17.0 Å². The van der Waals surface area contributed by atoms with Crippen LogP contribution in [-0.2, 0) is 16.0 Å². The lowest BCUT2D eigenvalue weighted by molar-refractivity contribution is -0.384. The van der Waals surface area contributed by atoms with E-state index in [9.17, 15) is 19.7 Å². The van der Waals surface area contributed by atoms with E-state index in [0.717, 1.165) is 18.1 Å². The van der Waals surface area contributed by atoms with Crippen molar-refractivity contribution in [3.05, 3.63) is 81.4 Å².